The molecule has 0 saturated heterocycles. The summed E-state index contributed by atoms with van der Waals surface area (Å²) in [5.74, 6) is 2.97. The van der Waals surface area contributed by atoms with Gasteiger partial charge in [-0.05, 0) is 57.4 Å². The van der Waals surface area contributed by atoms with E-state index in [-0.39, 0.29) is 5.60 Å². The van der Waals surface area contributed by atoms with Crippen LogP contribution in [0.4, 0.5) is 0 Å². The van der Waals surface area contributed by atoms with E-state index in [0.717, 1.165) is 30.0 Å². The second kappa shape index (κ2) is 4.49. The number of benzene rings is 1. The molecule has 0 radical (unpaired) electrons. The fourth-order valence-corrected chi connectivity index (χ4v) is 3.75. The van der Waals surface area contributed by atoms with Gasteiger partial charge in [-0.1, -0.05) is 18.2 Å². The maximum atomic E-state index is 6.14. The van der Waals surface area contributed by atoms with Crippen molar-refractivity contribution in [1.82, 2.24) is 5.32 Å². The Labute approximate surface area is 121 Å². The number of ether oxygens (including phenoxy) is 1. The lowest BCUT2D eigenvalue weighted by molar-refractivity contribution is 0.0621. The van der Waals surface area contributed by atoms with Crippen LogP contribution in [0.25, 0.3) is 0 Å². The van der Waals surface area contributed by atoms with Gasteiger partial charge in [0.05, 0.1) is 0 Å². The third-order valence-electron chi connectivity index (χ3n) is 5.03. The monoisotopic (exact) mass is 271 g/mol. The number of nitrogens with one attached hydrogen (secondary N) is 1. The van der Waals surface area contributed by atoms with Gasteiger partial charge in [0.15, 0.2) is 0 Å². The van der Waals surface area contributed by atoms with Crippen LogP contribution in [0.1, 0.15) is 57.6 Å². The normalized spacial score (nSPS) is 28.1. The smallest absolute Gasteiger partial charge is 0.124 e. The van der Waals surface area contributed by atoms with E-state index in [1.54, 1.807) is 0 Å². The first-order chi connectivity index (χ1) is 9.62. The Morgan fingerprint density at radius 2 is 1.75 bits per heavy atom. The number of hydrogen-bond acceptors (Lipinski definition) is 2. The highest BCUT2D eigenvalue weighted by molar-refractivity contribution is 5.38. The van der Waals surface area contributed by atoms with Crippen LogP contribution in [0.15, 0.2) is 24.3 Å². The molecule has 4 rings (SSSR count). The van der Waals surface area contributed by atoms with Crippen LogP contribution >= 0.6 is 0 Å². The molecular weight excluding hydrogens is 246 g/mol. The summed E-state index contributed by atoms with van der Waals surface area (Å²) < 4.78 is 6.14. The van der Waals surface area contributed by atoms with Gasteiger partial charge in [-0.15, -0.1) is 0 Å². The second-order valence-corrected chi connectivity index (χ2v) is 7.52. The molecule has 1 N–H and O–H groups in total. The van der Waals surface area contributed by atoms with E-state index in [1.165, 1.54) is 31.2 Å². The minimum Gasteiger partial charge on any atom is -0.487 e. The molecule has 0 amide bonds. The van der Waals surface area contributed by atoms with Gasteiger partial charge in [-0.3, -0.25) is 0 Å². The van der Waals surface area contributed by atoms with Crippen molar-refractivity contribution in [2.75, 3.05) is 0 Å². The molecule has 3 aliphatic rings. The first kappa shape index (κ1) is 12.7. The predicted octanol–water partition coefficient (Wildman–Crippen LogP) is 4.07. The summed E-state index contributed by atoms with van der Waals surface area (Å²) in [6.07, 6.45) is 6.80. The summed E-state index contributed by atoms with van der Waals surface area (Å²) in [7, 11) is 0. The fourth-order valence-electron chi connectivity index (χ4n) is 3.75. The molecule has 1 unspecified atom stereocenters. The maximum Gasteiger partial charge on any atom is 0.124 e. The van der Waals surface area contributed by atoms with Gasteiger partial charge in [0.1, 0.15) is 11.4 Å². The van der Waals surface area contributed by atoms with Gasteiger partial charge in [-0.2, -0.15) is 0 Å². The molecule has 2 nitrogen and oxygen atoms in total. The van der Waals surface area contributed by atoms with Crippen molar-refractivity contribution in [3.8, 4) is 5.75 Å². The molecule has 2 heteroatoms. The Kier molecular flexibility index (Phi) is 2.85. The van der Waals surface area contributed by atoms with Crippen LogP contribution < -0.4 is 10.1 Å². The van der Waals surface area contributed by atoms with Crippen LogP contribution in [0.2, 0.25) is 0 Å². The van der Waals surface area contributed by atoms with Crippen LogP contribution in [0.3, 0.4) is 0 Å². The lowest BCUT2D eigenvalue weighted by Gasteiger charge is -2.39. The number of hydrogen-bond donors (Lipinski definition) is 1. The average Bonchev–Trinajstić information content (AvgIpc) is 3.26. The SMILES string of the molecule is CC1(C)CC(NC(C2CC2)C2CC2)c2ccccc2O1. The molecule has 0 bridgehead atoms. The Bertz CT molecular complexity index is 490. The highest BCUT2D eigenvalue weighted by atomic mass is 16.5. The molecule has 2 saturated carbocycles. The van der Waals surface area contributed by atoms with Gasteiger partial charge in [0.2, 0.25) is 0 Å². The van der Waals surface area contributed by atoms with Crippen molar-refractivity contribution in [2.24, 2.45) is 11.8 Å². The molecule has 2 aliphatic carbocycles. The van der Waals surface area contributed by atoms with Gasteiger partial charge >= 0.3 is 0 Å². The Morgan fingerprint density at radius 1 is 1.10 bits per heavy atom. The Hall–Kier alpha value is -1.02. The summed E-state index contributed by atoms with van der Waals surface area (Å²) >= 11 is 0. The summed E-state index contributed by atoms with van der Waals surface area (Å²) in [5, 5.41) is 4.01. The van der Waals surface area contributed by atoms with Crippen molar-refractivity contribution in [3.63, 3.8) is 0 Å². The number of rotatable bonds is 4. The van der Waals surface area contributed by atoms with E-state index < -0.39 is 0 Å². The summed E-state index contributed by atoms with van der Waals surface area (Å²) in [4.78, 5) is 0. The molecule has 1 heterocycles. The van der Waals surface area contributed by atoms with E-state index >= 15 is 0 Å². The van der Waals surface area contributed by atoms with E-state index in [4.69, 9.17) is 4.74 Å². The standard InChI is InChI=1S/C18H25NO/c1-18(2)11-15(14-5-3-4-6-16(14)20-18)19-17(12-7-8-12)13-9-10-13/h3-6,12-13,15,17,19H,7-11H2,1-2H3. The van der Waals surface area contributed by atoms with Gasteiger partial charge in [0.25, 0.3) is 0 Å². The highest BCUT2D eigenvalue weighted by Crippen LogP contribution is 2.47. The number of para-hydroxylation sites is 1. The maximum absolute atomic E-state index is 6.14. The van der Waals surface area contributed by atoms with Crippen LogP contribution in [0.5, 0.6) is 5.75 Å². The van der Waals surface area contributed by atoms with Gasteiger partial charge in [0, 0.05) is 24.1 Å². The lowest BCUT2D eigenvalue weighted by Crippen LogP contribution is -2.44. The number of fused-ring (bicyclic) bond motifs is 1. The van der Waals surface area contributed by atoms with E-state index in [1.807, 2.05) is 0 Å². The zero-order valence-corrected chi connectivity index (χ0v) is 12.6. The van der Waals surface area contributed by atoms with Crippen molar-refractivity contribution >= 4 is 0 Å². The molecular formula is C18H25NO. The summed E-state index contributed by atoms with van der Waals surface area (Å²) in [6, 6.07) is 9.78. The highest BCUT2D eigenvalue weighted by Gasteiger charge is 2.44. The molecule has 1 aromatic rings. The Morgan fingerprint density at radius 3 is 2.40 bits per heavy atom. The van der Waals surface area contributed by atoms with Gasteiger partial charge in [-0.25, -0.2) is 0 Å². The predicted molar refractivity (Wildman–Crippen MR) is 80.9 cm³/mol. The quantitative estimate of drug-likeness (QED) is 0.891. The minimum absolute atomic E-state index is 0.0658. The van der Waals surface area contributed by atoms with Crippen molar-refractivity contribution in [1.29, 1.82) is 0 Å². The van der Waals surface area contributed by atoms with E-state index in [2.05, 4.69) is 43.4 Å². The summed E-state index contributed by atoms with van der Waals surface area (Å²) in [6.45, 7) is 4.42. The molecule has 108 valence electrons. The zero-order chi connectivity index (χ0) is 13.7. The lowest BCUT2D eigenvalue weighted by atomic mass is 9.88. The summed E-state index contributed by atoms with van der Waals surface area (Å²) in [5.41, 5.74) is 1.29. The average molecular weight is 271 g/mol. The van der Waals surface area contributed by atoms with E-state index in [0.29, 0.717) is 6.04 Å². The van der Waals surface area contributed by atoms with Gasteiger partial charge < -0.3 is 10.1 Å². The van der Waals surface area contributed by atoms with Crippen LogP contribution in [0, 0.1) is 11.8 Å². The van der Waals surface area contributed by atoms with E-state index in [9.17, 15) is 0 Å². The van der Waals surface area contributed by atoms with Crippen molar-refractivity contribution in [3.05, 3.63) is 29.8 Å². The van der Waals surface area contributed by atoms with Crippen LogP contribution in [-0.2, 0) is 0 Å². The topological polar surface area (TPSA) is 21.3 Å². The molecule has 20 heavy (non-hydrogen) atoms. The third-order valence-corrected chi connectivity index (χ3v) is 5.03. The zero-order valence-electron chi connectivity index (χ0n) is 12.6. The largest absolute Gasteiger partial charge is 0.487 e. The molecule has 2 fully saturated rings. The van der Waals surface area contributed by atoms with Crippen LogP contribution in [-0.4, -0.2) is 11.6 Å². The fraction of sp³-hybridized carbons (Fsp3) is 0.667. The molecule has 0 spiro atoms. The third kappa shape index (κ3) is 2.46. The molecule has 1 aliphatic heterocycles. The Balaban J connectivity index is 1.59. The first-order valence-corrected chi connectivity index (χ1v) is 8.16. The first-order valence-electron chi connectivity index (χ1n) is 8.16. The minimum atomic E-state index is -0.0658. The van der Waals surface area contributed by atoms with Crippen molar-refractivity contribution < 1.29 is 4.74 Å². The second-order valence-electron chi connectivity index (χ2n) is 7.52. The van der Waals surface area contributed by atoms with Crippen molar-refractivity contribution in [2.45, 2.75) is 63.6 Å². The molecule has 1 aromatic carbocycles. The molecule has 1 atom stereocenters. The molecule has 0 aromatic heterocycles.